The van der Waals surface area contributed by atoms with Crippen LogP contribution >= 0.6 is 0 Å². The number of likely N-dealkylation sites (N-methyl/N-ethyl adjacent to an activating group) is 1. The van der Waals surface area contributed by atoms with Crippen molar-refractivity contribution in [2.24, 2.45) is 5.92 Å². The number of benzene rings is 1. The molecule has 1 aromatic carbocycles. The van der Waals surface area contributed by atoms with Crippen LogP contribution in [-0.4, -0.2) is 37.1 Å². The van der Waals surface area contributed by atoms with Gasteiger partial charge in [0.25, 0.3) is 11.8 Å². The molecule has 0 aliphatic heterocycles. The molecule has 110 valence electrons. The number of rotatable bonds is 5. The van der Waals surface area contributed by atoms with Gasteiger partial charge in [-0.05, 0) is 24.5 Å². The third-order valence-electron chi connectivity index (χ3n) is 3.19. The first kappa shape index (κ1) is 16.2. The van der Waals surface area contributed by atoms with E-state index in [1.807, 2.05) is 32.9 Å². The zero-order valence-electron chi connectivity index (χ0n) is 12.6. The van der Waals surface area contributed by atoms with Crippen molar-refractivity contribution < 1.29 is 14.4 Å². The van der Waals surface area contributed by atoms with E-state index in [0.717, 1.165) is 10.6 Å². The number of hydroxylamine groups is 2. The van der Waals surface area contributed by atoms with Crippen LogP contribution in [0, 0.1) is 12.8 Å². The molecule has 20 heavy (non-hydrogen) atoms. The van der Waals surface area contributed by atoms with Crippen molar-refractivity contribution in [3.8, 4) is 0 Å². The Labute approximate surface area is 119 Å². The summed E-state index contributed by atoms with van der Waals surface area (Å²) in [6.07, 6.45) is 0. The normalized spacial score (nSPS) is 12.1. The van der Waals surface area contributed by atoms with Gasteiger partial charge in [0.15, 0.2) is 0 Å². The van der Waals surface area contributed by atoms with Gasteiger partial charge < -0.3 is 5.32 Å². The van der Waals surface area contributed by atoms with Gasteiger partial charge in [-0.15, -0.1) is 0 Å². The summed E-state index contributed by atoms with van der Waals surface area (Å²) in [5.41, 5.74) is 1.45. The van der Waals surface area contributed by atoms with E-state index in [9.17, 15) is 9.59 Å². The average Bonchev–Trinajstić information content (AvgIpc) is 2.43. The Kier molecular flexibility index (Phi) is 5.70. The fourth-order valence-electron chi connectivity index (χ4n) is 1.85. The first-order valence-corrected chi connectivity index (χ1v) is 6.56. The second-order valence-electron chi connectivity index (χ2n) is 5.03. The first-order valence-electron chi connectivity index (χ1n) is 6.56. The quantitative estimate of drug-likeness (QED) is 0.835. The van der Waals surface area contributed by atoms with E-state index >= 15 is 0 Å². The molecule has 1 aromatic rings. The summed E-state index contributed by atoms with van der Waals surface area (Å²) in [6, 6.07) is 6.66. The van der Waals surface area contributed by atoms with Gasteiger partial charge in [0.2, 0.25) is 0 Å². The summed E-state index contributed by atoms with van der Waals surface area (Å²) in [5, 5.41) is 3.91. The average molecular weight is 278 g/mol. The SMILES string of the molecule is CON(C)C(=O)C(NC(=O)c1ccccc1C)C(C)C. The summed E-state index contributed by atoms with van der Waals surface area (Å²) < 4.78 is 0. The molecular weight excluding hydrogens is 256 g/mol. The molecule has 5 nitrogen and oxygen atoms in total. The number of amides is 2. The molecule has 1 atom stereocenters. The number of aryl methyl sites for hydroxylation is 1. The van der Waals surface area contributed by atoms with Crippen LogP contribution in [-0.2, 0) is 9.63 Å². The lowest BCUT2D eigenvalue weighted by atomic mass is 10.0. The Morgan fingerprint density at radius 2 is 1.85 bits per heavy atom. The summed E-state index contributed by atoms with van der Waals surface area (Å²) >= 11 is 0. The van der Waals surface area contributed by atoms with E-state index in [1.54, 1.807) is 12.1 Å². The molecule has 1 rings (SSSR count). The van der Waals surface area contributed by atoms with Crippen LogP contribution in [0.3, 0.4) is 0 Å². The minimum absolute atomic E-state index is 0.0342. The van der Waals surface area contributed by atoms with Crippen molar-refractivity contribution in [1.29, 1.82) is 0 Å². The molecule has 0 bridgehead atoms. The molecule has 0 fully saturated rings. The van der Waals surface area contributed by atoms with Crippen LogP contribution in [0.25, 0.3) is 0 Å². The summed E-state index contributed by atoms with van der Waals surface area (Å²) in [6.45, 7) is 5.62. The number of nitrogens with zero attached hydrogens (tertiary/aromatic N) is 1. The number of hydrogen-bond acceptors (Lipinski definition) is 3. The fourth-order valence-corrected chi connectivity index (χ4v) is 1.85. The van der Waals surface area contributed by atoms with Crippen molar-refractivity contribution in [3.63, 3.8) is 0 Å². The van der Waals surface area contributed by atoms with Crippen LogP contribution in [0.15, 0.2) is 24.3 Å². The van der Waals surface area contributed by atoms with E-state index in [4.69, 9.17) is 4.84 Å². The van der Waals surface area contributed by atoms with E-state index in [0.29, 0.717) is 5.56 Å². The smallest absolute Gasteiger partial charge is 0.268 e. The maximum absolute atomic E-state index is 12.3. The maximum Gasteiger partial charge on any atom is 0.268 e. The van der Waals surface area contributed by atoms with Gasteiger partial charge in [-0.3, -0.25) is 14.4 Å². The zero-order chi connectivity index (χ0) is 15.3. The van der Waals surface area contributed by atoms with E-state index in [2.05, 4.69) is 5.32 Å². The third-order valence-corrected chi connectivity index (χ3v) is 3.19. The number of carbonyl (C=O) groups excluding carboxylic acids is 2. The molecule has 0 aliphatic carbocycles. The predicted octanol–water partition coefficient (Wildman–Crippen LogP) is 1.77. The van der Waals surface area contributed by atoms with Gasteiger partial charge in [0.1, 0.15) is 6.04 Å². The van der Waals surface area contributed by atoms with Crippen molar-refractivity contribution in [2.45, 2.75) is 26.8 Å². The molecule has 0 saturated carbocycles. The highest BCUT2D eigenvalue weighted by atomic mass is 16.7. The Morgan fingerprint density at radius 3 is 2.35 bits per heavy atom. The lowest BCUT2D eigenvalue weighted by Gasteiger charge is -2.25. The Bertz CT molecular complexity index is 486. The number of nitrogens with one attached hydrogen (secondary N) is 1. The van der Waals surface area contributed by atoms with Gasteiger partial charge in [-0.1, -0.05) is 32.0 Å². The lowest BCUT2D eigenvalue weighted by Crippen LogP contribution is -2.50. The molecule has 0 radical (unpaired) electrons. The largest absolute Gasteiger partial charge is 0.340 e. The molecule has 0 aromatic heterocycles. The molecule has 0 aliphatic rings. The van der Waals surface area contributed by atoms with Gasteiger partial charge in [-0.25, -0.2) is 5.06 Å². The highest BCUT2D eigenvalue weighted by Crippen LogP contribution is 2.10. The van der Waals surface area contributed by atoms with Crippen LogP contribution in [0.4, 0.5) is 0 Å². The Hall–Kier alpha value is -1.88. The van der Waals surface area contributed by atoms with Gasteiger partial charge in [0, 0.05) is 12.6 Å². The molecule has 0 heterocycles. The second kappa shape index (κ2) is 7.05. The highest BCUT2D eigenvalue weighted by molar-refractivity contribution is 5.98. The van der Waals surface area contributed by atoms with Crippen LogP contribution in [0.2, 0.25) is 0 Å². The topological polar surface area (TPSA) is 58.6 Å². The fraction of sp³-hybridized carbons (Fsp3) is 0.467. The first-order chi connectivity index (χ1) is 9.38. The van der Waals surface area contributed by atoms with Crippen molar-refractivity contribution in [1.82, 2.24) is 10.4 Å². The van der Waals surface area contributed by atoms with Gasteiger partial charge >= 0.3 is 0 Å². The van der Waals surface area contributed by atoms with Crippen molar-refractivity contribution in [2.75, 3.05) is 14.2 Å². The van der Waals surface area contributed by atoms with E-state index in [1.165, 1.54) is 14.2 Å². The summed E-state index contributed by atoms with van der Waals surface area (Å²) in [7, 11) is 2.94. The molecule has 2 amide bonds. The monoisotopic (exact) mass is 278 g/mol. The minimum atomic E-state index is -0.618. The Morgan fingerprint density at radius 1 is 1.25 bits per heavy atom. The minimum Gasteiger partial charge on any atom is -0.340 e. The standard InChI is InChI=1S/C15H22N2O3/c1-10(2)13(15(19)17(4)20-5)16-14(18)12-9-7-6-8-11(12)3/h6-10,13H,1-5H3,(H,16,18). The van der Waals surface area contributed by atoms with Gasteiger partial charge in [-0.2, -0.15) is 0 Å². The summed E-state index contributed by atoms with van der Waals surface area (Å²) in [5.74, 6) is -0.558. The molecule has 0 spiro atoms. The predicted molar refractivity (Wildman–Crippen MR) is 77.1 cm³/mol. The van der Waals surface area contributed by atoms with Crippen LogP contribution in [0.5, 0.6) is 0 Å². The molecule has 1 N–H and O–H groups in total. The molecule has 5 heteroatoms. The number of carbonyl (C=O) groups is 2. The zero-order valence-corrected chi connectivity index (χ0v) is 12.6. The maximum atomic E-state index is 12.3. The summed E-state index contributed by atoms with van der Waals surface area (Å²) in [4.78, 5) is 29.3. The molecule has 0 saturated heterocycles. The Balaban J connectivity index is 2.89. The van der Waals surface area contributed by atoms with Crippen LogP contribution in [0.1, 0.15) is 29.8 Å². The number of hydrogen-bond donors (Lipinski definition) is 1. The van der Waals surface area contributed by atoms with E-state index in [-0.39, 0.29) is 17.7 Å². The van der Waals surface area contributed by atoms with Crippen molar-refractivity contribution >= 4 is 11.8 Å². The van der Waals surface area contributed by atoms with Crippen LogP contribution < -0.4 is 5.32 Å². The van der Waals surface area contributed by atoms with Gasteiger partial charge in [0.05, 0.1) is 7.11 Å². The highest BCUT2D eigenvalue weighted by Gasteiger charge is 2.27. The van der Waals surface area contributed by atoms with E-state index < -0.39 is 6.04 Å². The van der Waals surface area contributed by atoms with Crippen molar-refractivity contribution in [3.05, 3.63) is 35.4 Å². The lowest BCUT2D eigenvalue weighted by molar-refractivity contribution is -0.171. The molecule has 1 unspecified atom stereocenters. The third kappa shape index (κ3) is 3.81. The molecular formula is C15H22N2O3. The second-order valence-corrected chi connectivity index (χ2v) is 5.03.